The fourth-order valence-corrected chi connectivity index (χ4v) is 3.08. The summed E-state index contributed by atoms with van der Waals surface area (Å²) in [5.41, 5.74) is 0.982. The Morgan fingerprint density at radius 3 is 3.25 bits per heavy atom. The van der Waals surface area contributed by atoms with Gasteiger partial charge >= 0.3 is 0 Å². The van der Waals surface area contributed by atoms with Gasteiger partial charge in [-0.3, -0.25) is 4.79 Å². The first-order valence-electron chi connectivity index (χ1n) is 6.74. The SMILES string of the molecule is O=C(NC1CCCSC1)c1ncccc1C#CCCO. The molecule has 0 aromatic carbocycles. The zero-order chi connectivity index (χ0) is 14.2. The number of amides is 1. The normalized spacial score (nSPS) is 17.9. The Kier molecular flexibility index (Phi) is 5.90. The number of aliphatic hydroxyl groups excluding tert-OH is 1. The minimum Gasteiger partial charge on any atom is -0.395 e. The van der Waals surface area contributed by atoms with Crippen molar-refractivity contribution < 1.29 is 9.90 Å². The molecule has 2 rings (SSSR count). The summed E-state index contributed by atoms with van der Waals surface area (Å²) in [6.45, 7) is 0.0219. The molecule has 1 unspecified atom stereocenters. The second-order valence-electron chi connectivity index (χ2n) is 4.56. The molecule has 2 heterocycles. The molecule has 0 saturated carbocycles. The van der Waals surface area contributed by atoms with Crippen LogP contribution in [0, 0.1) is 11.8 Å². The maximum atomic E-state index is 12.3. The molecule has 106 valence electrons. The van der Waals surface area contributed by atoms with Crippen LogP contribution in [0.15, 0.2) is 18.3 Å². The van der Waals surface area contributed by atoms with E-state index in [4.69, 9.17) is 5.11 Å². The Labute approximate surface area is 123 Å². The Morgan fingerprint density at radius 2 is 2.50 bits per heavy atom. The Balaban J connectivity index is 2.07. The first kappa shape index (κ1) is 14.9. The fourth-order valence-electron chi connectivity index (χ4n) is 2.01. The van der Waals surface area contributed by atoms with Crippen LogP contribution in [0.4, 0.5) is 0 Å². The van der Waals surface area contributed by atoms with Crippen LogP contribution in [0.5, 0.6) is 0 Å². The van der Waals surface area contributed by atoms with Gasteiger partial charge in [-0.2, -0.15) is 11.8 Å². The van der Waals surface area contributed by atoms with Gasteiger partial charge in [0.25, 0.3) is 5.91 Å². The first-order chi connectivity index (χ1) is 9.81. The maximum absolute atomic E-state index is 12.3. The van der Waals surface area contributed by atoms with Gasteiger partial charge in [-0.05, 0) is 30.7 Å². The molecule has 1 aromatic heterocycles. The second kappa shape index (κ2) is 7.93. The van der Waals surface area contributed by atoms with Crippen LogP contribution in [-0.4, -0.2) is 40.2 Å². The molecule has 1 aliphatic heterocycles. The van der Waals surface area contributed by atoms with E-state index in [-0.39, 0.29) is 18.6 Å². The second-order valence-corrected chi connectivity index (χ2v) is 5.71. The van der Waals surface area contributed by atoms with Gasteiger partial charge in [0.05, 0.1) is 12.2 Å². The lowest BCUT2D eigenvalue weighted by Crippen LogP contribution is -2.39. The number of hydrogen-bond acceptors (Lipinski definition) is 4. The highest BCUT2D eigenvalue weighted by molar-refractivity contribution is 7.99. The molecular formula is C15H18N2O2S. The Hall–Kier alpha value is -1.51. The molecular weight excluding hydrogens is 272 g/mol. The van der Waals surface area contributed by atoms with Gasteiger partial charge in [0, 0.05) is 24.4 Å². The molecule has 1 atom stereocenters. The van der Waals surface area contributed by atoms with E-state index in [0.29, 0.717) is 17.7 Å². The maximum Gasteiger partial charge on any atom is 0.271 e. The quantitative estimate of drug-likeness (QED) is 0.827. The van der Waals surface area contributed by atoms with E-state index in [2.05, 4.69) is 22.1 Å². The average molecular weight is 290 g/mol. The molecule has 1 amide bonds. The van der Waals surface area contributed by atoms with Crippen molar-refractivity contribution in [1.82, 2.24) is 10.3 Å². The van der Waals surface area contributed by atoms with E-state index in [0.717, 1.165) is 18.6 Å². The third-order valence-corrected chi connectivity index (χ3v) is 4.19. The molecule has 1 fully saturated rings. The monoisotopic (exact) mass is 290 g/mol. The Morgan fingerprint density at radius 1 is 1.60 bits per heavy atom. The predicted octanol–water partition coefficient (Wildman–Crippen LogP) is 1.44. The highest BCUT2D eigenvalue weighted by Crippen LogP contribution is 2.17. The van der Waals surface area contributed by atoms with Gasteiger partial charge in [0.1, 0.15) is 5.69 Å². The first-order valence-corrected chi connectivity index (χ1v) is 7.90. The van der Waals surface area contributed by atoms with Crippen LogP contribution in [0.1, 0.15) is 35.3 Å². The summed E-state index contributed by atoms with van der Waals surface area (Å²) >= 11 is 1.87. The van der Waals surface area contributed by atoms with Crippen molar-refractivity contribution >= 4 is 17.7 Å². The van der Waals surface area contributed by atoms with E-state index in [1.807, 2.05) is 11.8 Å². The number of aromatic nitrogens is 1. The topological polar surface area (TPSA) is 62.2 Å². The Bertz CT molecular complexity index is 516. The van der Waals surface area contributed by atoms with Crippen LogP contribution in [-0.2, 0) is 0 Å². The molecule has 1 aromatic rings. The molecule has 0 aliphatic carbocycles. The number of rotatable bonds is 3. The van der Waals surface area contributed by atoms with E-state index in [1.54, 1.807) is 18.3 Å². The van der Waals surface area contributed by atoms with Gasteiger partial charge in [-0.1, -0.05) is 11.8 Å². The van der Waals surface area contributed by atoms with Crippen molar-refractivity contribution in [1.29, 1.82) is 0 Å². The number of thioether (sulfide) groups is 1. The van der Waals surface area contributed by atoms with E-state index in [9.17, 15) is 4.79 Å². The van der Waals surface area contributed by atoms with Gasteiger partial charge < -0.3 is 10.4 Å². The molecule has 1 saturated heterocycles. The minimum atomic E-state index is -0.161. The third kappa shape index (κ3) is 4.26. The van der Waals surface area contributed by atoms with Crippen LogP contribution < -0.4 is 5.32 Å². The smallest absolute Gasteiger partial charge is 0.271 e. The molecule has 1 aliphatic rings. The summed E-state index contributed by atoms with van der Waals surface area (Å²) < 4.78 is 0. The van der Waals surface area contributed by atoms with Crippen LogP contribution >= 0.6 is 11.8 Å². The lowest BCUT2D eigenvalue weighted by atomic mass is 10.1. The van der Waals surface area contributed by atoms with E-state index in [1.165, 1.54) is 5.75 Å². The zero-order valence-electron chi connectivity index (χ0n) is 11.3. The highest BCUT2D eigenvalue weighted by atomic mass is 32.2. The van der Waals surface area contributed by atoms with Gasteiger partial charge in [-0.15, -0.1) is 0 Å². The summed E-state index contributed by atoms with van der Waals surface area (Å²) in [5, 5.41) is 11.8. The summed E-state index contributed by atoms with van der Waals surface area (Å²) in [6, 6.07) is 3.76. The van der Waals surface area contributed by atoms with Crippen molar-refractivity contribution in [2.24, 2.45) is 0 Å². The van der Waals surface area contributed by atoms with Crippen LogP contribution in [0.2, 0.25) is 0 Å². The number of carbonyl (C=O) groups excluding carboxylic acids is 1. The zero-order valence-corrected chi connectivity index (χ0v) is 12.1. The van der Waals surface area contributed by atoms with Crippen molar-refractivity contribution in [2.75, 3.05) is 18.1 Å². The van der Waals surface area contributed by atoms with Crippen molar-refractivity contribution in [3.63, 3.8) is 0 Å². The summed E-state index contributed by atoms with van der Waals surface area (Å²) in [5.74, 6) is 7.70. The number of aliphatic hydroxyl groups is 1. The summed E-state index contributed by atoms with van der Waals surface area (Å²) in [6.07, 6.45) is 4.16. The van der Waals surface area contributed by atoms with Crippen LogP contribution in [0.25, 0.3) is 0 Å². The highest BCUT2D eigenvalue weighted by Gasteiger charge is 2.19. The molecule has 2 N–H and O–H groups in total. The van der Waals surface area contributed by atoms with Gasteiger partial charge in [-0.25, -0.2) is 4.98 Å². The molecule has 0 bridgehead atoms. The number of nitrogens with one attached hydrogen (secondary N) is 1. The van der Waals surface area contributed by atoms with E-state index < -0.39 is 0 Å². The van der Waals surface area contributed by atoms with Gasteiger partial charge in [0.15, 0.2) is 0 Å². The van der Waals surface area contributed by atoms with E-state index >= 15 is 0 Å². The lowest BCUT2D eigenvalue weighted by molar-refractivity contribution is 0.0933. The number of carbonyl (C=O) groups is 1. The number of nitrogens with zero attached hydrogens (tertiary/aromatic N) is 1. The van der Waals surface area contributed by atoms with Crippen molar-refractivity contribution in [3.05, 3.63) is 29.6 Å². The third-order valence-electron chi connectivity index (χ3n) is 2.98. The lowest BCUT2D eigenvalue weighted by Gasteiger charge is -2.22. The number of hydrogen-bond donors (Lipinski definition) is 2. The minimum absolute atomic E-state index is 0.0219. The van der Waals surface area contributed by atoms with Gasteiger partial charge in [0.2, 0.25) is 0 Å². The summed E-state index contributed by atoms with van der Waals surface area (Å²) in [7, 11) is 0. The molecule has 0 radical (unpaired) electrons. The van der Waals surface area contributed by atoms with Crippen LogP contribution in [0.3, 0.4) is 0 Å². The largest absolute Gasteiger partial charge is 0.395 e. The molecule has 0 spiro atoms. The molecule has 4 nitrogen and oxygen atoms in total. The van der Waals surface area contributed by atoms with Crippen molar-refractivity contribution in [2.45, 2.75) is 25.3 Å². The standard InChI is InChI=1S/C15H18N2O2S/c18-9-2-1-5-12-6-3-8-16-14(12)15(19)17-13-7-4-10-20-11-13/h3,6,8,13,18H,2,4,7,9-11H2,(H,17,19). The summed E-state index contributed by atoms with van der Waals surface area (Å²) in [4.78, 5) is 16.4. The molecule has 5 heteroatoms. The number of pyridine rings is 1. The van der Waals surface area contributed by atoms with Crippen molar-refractivity contribution in [3.8, 4) is 11.8 Å². The molecule has 20 heavy (non-hydrogen) atoms. The fraction of sp³-hybridized carbons (Fsp3) is 0.467. The average Bonchev–Trinajstić information content (AvgIpc) is 2.49. The predicted molar refractivity (Wildman–Crippen MR) is 80.6 cm³/mol.